The molecule has 28 heavy (non-hydrogen) atoms. The zero-order chi connectivity index (χ0) is 19.8. The van der Waals surface area contributed by atoms with E-state index < -0.39 is 0 Å². The molecular formula is C23H24ClNO3. The van der Waals surface area contributed by atoms with Crippen molar-refractivity contribution in [2.45, 2.75) is 39.0 Å². The summed E-state index contributed by atoms with van der Waals surface area (Å²) in [5.41, 5.74) is 2.80. The van der Waals surface area contributed by atoms with E-state index in [9.17, 15) is 4.79 Å². The van der Waals surface area contributed by atoms with Gasteiger partial charge in [0.05, 0.1) is 6.61 Å². The van der Waals surface area contributed by atoms with Crippen LogP contribution < -0.4 is 0 Å². The van der Waals surface area contributed by atoms with Gasteiger partial charge >= 0.3 is 5.97 Å². The van der Waals surface area contributed by atoms with Gasteiger partial charge in [0.2, 0.25) is 0 Å². The first kappa shape index (κ1) is 20.2. The third-order valence-electron chi connectivity index (χ3n) is 4.40. The first-order valence-corrected chi connectivity index (χ1v) is 10.0. The summed E-state index contributed by atoms with van der Waals surface area (Å²) in [4.78, 5) is 16.1. The van der Waals surface area contributed by atoms with Gasteiger partial charge in [-0.25, -0.2) is 4.98 Å². The number of hydrogen-bond acceptors (Lipinski definition) is 4. The molecule has 0 bridgehead atoms. The number of aromatic nitrogens is 1. The summed E-state index contributed by atoms with van der Waals surface area (Å²) in [5, 5.41) is 0.686. The molecule has 0 spiro atoms. The molecule has 0 fully saturated rings. The Morgan fingerprint density at radius 2 is 1.75 bits per heavy atom. The number of nitrogens with zero attached hydrogens (tertiary/aromatic N) is 1. The number of unbranched alkanes of at least 4 members (excludes halogenated alkanes) is 2. The number of halogens is 1. The predicted molar refractivity (Wildman–Crippen MR) is 111 cm³/mol. The van der Waals surface area contributed by atoms with Crippen molar-refractivity contribution in [2.75, 3.05) is 6.61 Å². The topological polar surface area (TPSA) is 52.3 Å². The van der Waals surface area contributed by atoms with E-state index in [1.807, 2.05) is 61.5 Å². The fourth-order valence-electron chi connectivity index (χ4n) is 3.02. The van der Waals surface area contributed by atoms with Crippen molar-refractivity contribution in [1.82, 2.24) is 4.98 Å². The summed E-state index contributed by atoms with van der Waals surface area (Å²) in [6.45, 7) is 2.26. The highest BCUT2D eigenvalue weighted by molar-refractivity contribution is 6.30. The van der Waals surface area contributed by atoms with Gasteiger partial charge in [-0.2, -0.15) is 0 Å². The molecule has 0 aliphatic heterocycles. The molecule has 0 unspecified atom stereocenters. The summed E-state index contributed by atoms with van der Waals surface area (Å²) < 4.78 is 11.1. The van der Waals surface area contributed by atoms with E-state index in [0.29, 0.717) is 23.9 Å². The minimum atomic E-state index is -0.130. The zero-order valence-corrected chi connectivity index (χ0v) is 16.7. The van der Waals surface area contributed by atoms with Crippen LogP contribution in [0.25, 0.3) is 22.6 Å². The monoisotopic (exact) mass is 397 g/mol. The molecule has 3 rings (SSSR count). The van der Waals surface area contributed by atoms with Crippen LogP contribution in [0.4, 0.5) is 0 Å². The number of esters is 1. The second-order valence-corrected chi connectivity index (χ2v) is 6.96. The van der Waals surface area contributed by atoms with Crippen molar-refractivity contribution >= 4 is 17.6 Å². The van der Waals surface area contributed by atoms with Crippen LogP contribution in [0.2, 0.25) is 5.02 Å². The first-order valence-electron chi connectivity index (χ1n) is 9.64. The van der Waals surface area contributed by atoms with Crippen LogP contribution in [0.3, 0.4) is 0 Å². The van der Waals surface area contributed by atoms with Crippen molar-refractivity contribution in [3.63, 3.8) is 0 Å². The second-order valence-electron chi connectivity index (χ2n) is 6.52. The molecule has 0 radical (unpaired) electrons. The normalized spacial score (nSPS) is 10.8. The molecule has 0 saturated carbocycles. The maximum absolute atomic E-state index is 11.4. The summed E-state index contributed by atoms with van der Waals surface area (Å²) in [5.74, 6) is 1.33. The highest BCUT2D eigenvalue weighted by Gasteiger charge is 2.16. The minimum absolute atomic E-state index is 0.130. The molecular weight excluding hydrogens is 374 g/mol. The van der Waals surface area contributed by atoms with Gasteiger partial charge in [-0.15, -0.1) is 0 Å². The number of ether oxygens (including phenoxy) is 1. The number of hydrogen-bond donors (Lipinski definition) is 0. The van der Waals surface area contributed by atoms with Crippen LogP contribution in [0.5, 0.6) is 0 Å². The van der Waals surface area contributed by atoms with Gasteiger partial charge in [-0.1, -0.05) is 48.4 Å². The molecule has 1 aromatic heterocycles. The lowest BCUT2D eigenvalue weighted by Gasteiger charge is -2.01. The molecule has 0 aliphatic carbocycles. The number of carbonyl (C=O) groups excluding carboxylic acids is 1. The van der Waals surface area contributed by atoms with Gasteiger partial charge in [-0.3, -0.25) is 4.79 Å². The average Bonchev–Trinajstić information content (AvgIpc) is 3.13. The SMILES string of the molecule is CCOC(=O)CCCCCc1nc(-c2ccccc2)c(-c2ccc(Cl)cc2)o1. The Morgan fingerprint density at radius 1 is 1.00 bits per heavy atom. The van der Waals surface area contributed by atoms with E-state index in [-0.39, 0.29) is 5.97 Å². The van der Waals surface area contributed by atoms with Gasteiger partial charge in [0.25, 0.3) is 0 Å². The van der Waals surface area contributed by atoms with Crippen LogP contribution in [-0.2, 0) is 16.0 Å². The smallest absolute Gasteiger partial charge is 0.305 e. The second kappa shape index (κ2) is 10.1. The third-order valence-corrected chi connectivity index (χ3v) is 4.65. The average molecular weight is 398 g/mol. The summed E-state index contributed by atoms with van der Waals surface area (Å²) in [6.07, 6.45) is 3.85. The Hall–Kier alpha value is -2.59. The van der Waals surface area contributed by atoms with E-state index in [0.717, 1.165) is 48.3 Å². The lowest BCUT2D eigenvalue weighted by molar-refractivity contribution is -0.143. The molecule has 0 N–H and O–H groups in total. The quantitative estimate of drug-likeness (QED) is 0.313. The van der Waals surface area contributed by atoms with Gasteiger partial charge in [0.1, 0.15) is 5.69 Å². The molecule has 1 heterocycles. The maximum atomic E-state index is 11.4. The van der Waals surface area contributed by atoms with E-state index in [1.54, 1.807) is 0 Å². The largest absolute Gasteiger partial charge is 0.466 e. The van der Waals surface area contributed by atoms with Crippen LogP contribution >= 0.6 is 11.6 Å². The molecule has 146 valence electrons. The highest BCUT2D eigenvalue weighted by atomic mass is 35.5. The van der Waals surface area contributed by atoms with E-state index >= 15 is 0 Å². The molecule has 3 aromatic rings. The van der Waals surface area contributed by atoms with Crippen LogP contribution in [0.15, 0.2) is 59.0 Å². The van der Waals surface area contributed by atoms with E-state index in [1.165, 1.54) is 0 Å². The highest BCUT2D eigenvalue weighted by Crippen LogP contribution is 2.33. The predicted octanol–water partition coefficient (Wildman–Crippen LogP) is 6.33. The molecule has 2 aromatic carbocycles. The van der Waals surface area contributed by atoms with E-state index in [4.69, 9.17) is 25.7 Å². The van der Waals surface area contributed by atoms with Gasteiger partial charge in [0, 0.05) is 29.0 Å². The lowest BCUT2D eigenvalue weighted by Crippen LogP contribution is -2.03. The number of carbonyl (C=O) groups is 1. The lowest BCUT2D eigenvalue weighted by atomic mass is 10.1. The Morgan fingerprint density at radius 3 is 2.46 bits per heavy atom. The number of oxazole rings is 1. The first-order chi connectivity index (χ1) is 13.7. The summed E-state index contributed by atoms with van der Waals surface area (Å²) in [7, 11) is 0. The number of rotatable bonds is 9. The molecule has 0 aliphatic rings. The zero-order valence-electron chi connectivity index (χ0n) is 16.0. The Bertz CT molecular complexity index is 888. The third kappa shape index (κ3) is 5.46. The standard InChI is InChI=1S/C23H24ClNO3/c1-2-27-21(26)12-8-4-7-11-20-25-22(17-9-5-3-6-10-17)23(28-20)18-13-15-19(24)16-14-18/h3,5-6,9-10,13-16H,2,4,7-8,11-12H2,1H3. The minimum Gasteiger partial charge on any atom is -0.466 e. The molecule has 4 nitrogen and oxygen atoms in total. The number of aryl methyl sites for hydroxylation is 1. The Kier molecular flexibility index (Phi) is 7.26. The van der Waals surface area contributed by atoms with Crippen LogP contribution in [0.1, 0.15) is 38.5 Å². The molecule has 5 heteroatoms. The Balaban J connectivity index is 1.71. The van der Waals surface area contributed by atoms with Crippen LogP contribution in [-0.4, -0.2) is 17.6 Å². The fourth-order valence-corrected chi connectivity index (χ4v) is 3.14. The molecule has 0 atom stereocenters. The summed E-state index contributed by atoms with van der Waals surface area (Å²) >= 11 is 6.02. The van der Waals surface area contributed by atoms with Crippen molar-refractivity contribution in [2.24, 2.45) is 0 Å². The van der Waals surface area contributed by atoms with Gasteiger partial charge < -0.3 is 9.15 Å². The van der Waals surface area contributed by atoms with Crippen molar-refractivity contribution < 1.29 is 13.9 Å². The van der Waals surface area contributed by atoms with Crippen molar-refractivity contribution in [3.8, 4) is 22.6 Å². The maximum Gasteiger partial charge on any atom is 0.305 e. The molecule has 0 saturated heterocycles. The molecule has 0 amide bonds. The van der Waals surface area contributed by atoms with Gasteiger partial charge in [0.15, 0.2) is 11.7 Å². The van der Waals surface area contributed by atoms with Crippen molar-refractivity contribution in [1.29, 1.82) is 0 Å². The Labute approximate surface area is 170 Å². The van der Waals surface area contributed by atoms with Gasteiger partial charge in [-0.05, 0) is 44.0 Å². The number of benzene rings is 2. The van der Waals surface area contributed by atoms with Crippen molar-refractivity contribution in [3.05, 3.63) is 65.5 Å². The summed E-state index contributed by atoms with van der Waals surface area (Å²) in [6, 6.07) is 17.6. The van der Waals surface area contributed by atoms with E-state index in [2.05, 4.69) is 0 Å². The fraction of sp³-hybridized carbons (Fsp3) is 0.304. The van der Waals surface area contributed by atoms with Crippen LogP contribution in [0, 0.1) is 0 Å².